The number of benzene rings is 1. The van der Waals surface area contributed by atoms with Gasteiger partial charge in [-0.3, -0.25) is 0 Å². The van der Waals surface area contributed by atoms with Crippen molar-refractivity contribution in [3.63, 3.8) is 0 Å². The van der Waals surface area contributed by atoms with Crippen LogP contribution < -0.4 is 0 Å². The van der Waals surface area contributed by atoms with Crippen molar-refractivity contribution in [1.82, 2.24) is 0 Å². The van der Waals surface area contributed by atoms with Gasteiger partial charge in [-0.05, 0) is 42.1 Å². The third-order valence-electron chi connectivity index (χ3n) is 5.24. The first kappa shape index (κ1) is 14.3. The van der Waals surface area contributed by atoms with Crippen LogP contribution >= 0.6 is 19.9 Å². The van der Waals surface area contributed by atoms with Crippen molar-refractivity contribution in [3.8, 4) is 0 Å². The molecule has 5 atom stereocenters. The molecule has 0 aliphatic heterocycles. The Kier molecular flexibility index (Phi) is 4.04. The van der Waals surface area contributed by atoms with Crippen LogP contribution in [0.3, 0.4) is 0 Å². The molecule has 0 bridgehead atoms. The van der Waals surface area contributed by atoms with Gasteiger partial charge < -0.3 is 0 Å². The first-order valence-electron chi connectivity index (χ1n) is 6.89. The zero-order valence-electron chi connectivity index (χ0n) is 12.1. The van der Waals surface area contributed by atoms with Crippen molar-refractivity contribution >= 4 is 19.9 Å². The van der Waals surface area contributed by atoms with Crippen LogP contribution in [0.2, 0.25) is 0 Å². The Balaban J connectivity index is 2.36. The molecule has 2 rings (SSSR count). The molecule has 1 aromatic carbocycles. The van der Waals surface area contributed by atoms with Crippen molar-refractivity contribution in [2.75, 3.05) is 6.26 Å². The summed E-state index contributed by atoms with van der Waals surface area (Å²) in [5.41, 5.74) is 0. The number of hydrogen-bond donors (Lipinski definition) is 0. The van der Waals surface area contributed by atoms with E-state index < -0.39 is 9.24 Å². The highest BCUT2D eigenvalue weighted by molar-refractivity contribution is 8.51. The quantitative estimate of drug-likeness (QED) is 0.667. The van der Waals surface area contributed by atoms with Gasteiger partial charge in [0.25, 0.3) is 0 Å². The standard InChI is InChI=1S/C16H25ClS/c1-11-12(2)14(4)16(13(11)3)18(5,17)15-9-7-6-8-10-15/h6-14,16H,1-5H3. The van der Waals surface area contributed by atoms with E-state index in [4.69, 9.17) is 10.7 Å². The van der Waals surface area contributed by atoms with Crippen LogP contribution in [0.4, 0.5) is 0 Å². The molecule has 0 aromatic heterocycles. The van der Waals surface area contributed by atoms with Crippen LogP contribution in [-0.4, -0.2) is 11.5 Å². The van der Waals surface area contributed by atoms with Crippen LogP contribution in [0, 0.1) is 23.7 Å². The van der Waals surface area contributed by atoms with Crippen LogP contribution in [0.25, 0.3) is 0 Å². The third kappa shape index (κ3) is 2.20. The summed E-state index contributed by atoms with van der Waals surface area (Å²) in [6.07, 6.45) is 2.28. The molecule has 102 valence electrons. The van der Waals surface area contributed by atoms with E-state index in [1.54, 1.807) is 0 Å². The molecule has 1 aliphatic rings. The van der Waals surface area contributed by atoms with Crippen LogP contribution in [0.15, 0.2) is 35.2 Å². The molecule has 1 saturated carbocycles. The van der Waals surface area contributed by atoms with Crippen molar-refractivity contribution in [2.45, 2.75) is 37.8 Å². The lowest BCUT2D eigenvalue weighted by atomic mass is 9.92. The predicted octanol–water partition coefficient (Wildman–Crippen LogP) is 5.56. The maximum absolute atomic E-state index is 7.07. The van der Waals surface area contributed by atoms with Gasteiger partial charge in [0.05, 0.1) is 0 Å². The van der Waals surface area contributed by atoms with Gasteiger partial charge in [-0.15, -0.1) is 9.24 Å². The second kappa shape index (κ2) is 5.09. The Morgan fingerprint density at radius 3 is 1.72 bits per heavy atom. The Hall–Kier alpha value is -0.140. The molecule has 18 heavy (non-hydrogen) atoms. The average molecular weight is 285 g/mol. The molecule has 0 heterocycles. The fraction of sp³-hybridized carbons (Fsp3) is 0.625. The largest absolute Gasteiger partial charge is 0.135 e. The smallest absolute Gasteiger partial charge is 0.0109 e. The maximum atomic E-state index is 7.07. The molecular formula is C16H25ClS. The van der Waals surface area contributed by atoms with Crippen molar-refractivity contribution in [1.29, 1.82) is 0 Å². The minimum atomic E-state index is -1.23. The molecule has 0 spiro atoms. The van der Waals surface area contributed by atoms with Gasteiger partial charge in [-0.25, -0.2) is 0 Å². The highest BCUT2D eigenvalue weighted by Gasteiger charge is 2.48. The van der Waals surface area contributed by atoms with Crippen LogP contribution in [0.1, 0.15) is 27.7 Å². The molecule has 1 fully saturated rings. The minimum absolute atomic E-state index is 0.631. The summed E-state index contributed by atoms with van der Waals surface area (Å²) < 4.78 is 0. The third-order valence-corrected chi connectivity index (χ3v) is 9.47. The number of hydrogen-bond acceptors (Lipinski definition) is 0. The zero-order valence-corrected chi connectivity index (χ0v) is 13.6. The zero-order chi connectivity index (χ0) is 13.5. The summed E-state index contributed by atoms with van der Waals surface area (Å²) in [4.78, 5) is 1.34. The molecule has 0 nitrogen and oxygen atoms in total. The Morgan fingerprint density at radius 1 is 0.833 bits per heavy atom. The van der Waals surface area contributed by atoms with Gasteiger partial charge in [0.15, 0.2) is 0 Å². The van der Waals surface area contributed by atoms with E-state index in [-0.39, 0.29) is 0 Å². The lowest BCUT2D eigenvalue weighted by molar-refractivity contribution is 0.352. The molecule has 1 aliphatic carbocycles. The fourth-order valence-electron chi connectivity index (χ4n) is 3.68. The number of halogens is 1. The van der Waals surface area contributed by atoms with Gasteiger partial charge in [-0.1, -0.05) is 56.6 Å². The van der Waals surface area contributed by atoms with Crippen molar-refractivity contribution in [3.05, 3.63) is 30.3 Å². The molecule has 1 aromatic rings. The number of rotatable bonds is 2. The Morgan fingerprint density at radius 2 is 1.28 bits per heavy atom. The predicted molar refractivity (Wildman–Crippen MR) is 84.5 cm³/mol. The minimum Gasteiger partial charge on any atom is -0.135 e. The summed E-state index contributed by atoms with van der Waals surface area (Å²) in [7, 11) is 5.84. The topological polar surface area (TPSA) is 0 Å². The fourth-order valence-corrected chi connectivity index (χ4v) is 8.08. The summed E-state index contributed by atoms with van der Waals surface area (Å²) in [6.45, 7) is 9.57. The van der Waals surface area contributed by atoms with E-state index in [0.717, 1.165) is 11.8 Å². The molecular weight excluding hydrogens is 260 g/mol. The summed E-state index contributed by atoms with van der Waals surface area (Å²) in [5.74, 6) is 2.99. The molecule has 2 heteroatoms. The van der Waals surface area contributed by atoms with Crippen LogP contribution in [0.5, 0.6) is 0 Å². The average Bonchev–Trinajstić information content (AvgIpc) is 2.55. The van der Waals surface area contributed by atoms with Crippen LogP contribution in [-0.2, 0) is 0 Å². The lowest BCUT2D eigenvalue weighted by Gasteiger charge is -2.41. The normalized spacial score (nSPS) is 41.3. The first-order chi connectivity index (χ1) is 8.37. The Labute approximate surface area is 118 Å². The first-order valence-corrected chi connectivity index (χ1v) is 9.82. The highest BCUT2D eigenvalue weighted by Crippen LogP contribution is 2.68. The monoisotopic (exact) mass is 284 g/mol. The molecule has 0 radical (unpaired) electrons. The molecule has 0 saturated heterocycles. The van der Waals surface area contributed by atoms with E-state index in [1.165, 1.54) is 4.90 Å². The second-order valence-corrected chi connectivity index (χ2v) is 10.8. The van der Waals surface area contributed by atoms with Gasteiger partial charge >= 0.3 is 0 Å². The van der Waals surface area contributed by atoms with E-state index >= 15 is 0 Å². The van der Waals surface area contributed by atoms with E-state index in [9.17, 15) is 0 Å². The summed E-state index contributed by atoms with van der Waals surface area (Å²) >= 11 is 0. The second-order valence-electron chi connectivity index (χ2n) is 6.09. The van der Waals surface area contributed by atoms with Gasteiger partial charge in [0, 0.05) is 10.1 Å². The van der Waals surface area contributed by atoms with Crippen molar-refractivity contribution in [2.24, 2.45) is 23.7 Å². The van der Waals surface area contributed by atoms with Gasteiger partial charge in [0.1, 0.15) is 0 Å². The van der Waals surface area contributed by atoms with E-state index in [1.807, 2.05) is 0 Å². The molecule has 0 N–H and O–H groups in total. The maximum Gasteiger partial charge on any atom is 0.0109 e. The molecule has 5 unspecified atom stereocenters. The summed E-state index contributed by atoms with van der Waals surface area (Å²) in [5, 5.41) is 0.631. The SMILES string of the molecule is CC1C(C)C(C)C(S(C)(Cl)c2ccccc2)C1C. The Bertz CT molecular complexity index is 387. The van der Waals surface area contributed by atoms with E-state index in [2.05, 4.69) is 64.3 Å². The summed E-state index contributed by atoms with van der Waals surface area (Å²) in [6, 6.07) is 10.7. The molecule has 0 amide bonds. The van der Waals surface area contributed by atoms with Gasteiger partial charge in [-0.2, -0.15) is 0 Å². The lowest BCUT2D eigenvalue weighted by Crippen LogP contribution is -2.24. The van der Waals surface area contributed by atoms with E-state index in [0.29, 0.717) is 17.1 Å². The van der Waals surface area contributed by atoms with Gasteiger partial charge in [0.2, 0.25) is 0 Å². The highest BCUT2D eigenvalue weighted by atomic mass is 35.7. The van der Waals surface area contributed by atoms with Crippen molar-refractivity contribution < 1.29 is 0 Å².